The van der Waals surface area contributed by atoms with Crippen LogP contribution in [-0.4, -0.2) is 16.8 Å². The van der Waals surface area contributed by atoms with Crippen molar-refractivity contribution in [2.75, 3.05) is 5.75 Å². The molecule has 4 heteroatoms. The fraction of sp³-hybridized carbons (Fsp3) is 0.235. The molecular weight excluding hydrogens is 304 g/mol. The minimum Gasteiger partial charge on any atom is -0.480 e. The first-order valence-corrected chi connectivity index (χ1v) is 8.25. The Morgan fingerprint density at radius 3 is 2.48 bits per heavy atom. The molecule has 0 radical (unpaired) electrons. The molecule has 0 fully saturated rings. The van der Waals surface area contributed by atoms with Crippen molar-refractivity contribution < 1.29 is 9.90 Å². The lowest BCUT2D eigenvalue weighted by molar-refractivity contribution is -0.136. The van der Waals surface area contributed by atoms with Crippen LogP contribution in [0.15, 0.2) is 48.5 Å². The molecule has 1 unspecified atom stereocenters. The number of hydrogen-bond donors (Lipinski definition) is 1. The standard InChI is InChI=1S/C17H17ClO2S/c1-2-10-21-16(17(19)20)14-9-8-13(11-15(14)18)12-6-4-3-5-7-12/h3-9,11,16H,2,10H2,1H3,(H,19,20). The number of halogens is 1. The van der Waals surface area contributed by atoms with Crippen molar-refractivity contribution in [3.05, 3.63) is 59.1 Å². The lowest BCUT2D eigenvalue weighted by Gasteiger charge is -2.14. The molecule has 2 aromatic rings. The van der Waals surface area contributed by atoms with E-state index in [9.17, 15) is 9.90 Å². The molecular formula is C17H17ClO2S. The van der Waals surface area contributed by atoms with Crippen LogP contribution in [0.2, 0.25) is 5.02 Å². The maximum Gasteiger partial charge on any atom is 0.321 e. The number of carboxylic acids is 1. The Labute approximate surface area is 134 Å². The fourth-order valence-electron chi connectivity index (χ4n) is 2.08. The van der Waals surface area contributed by atoms with Crippen LogP contribution in [0.1, 0.15) is 24.2 Å². The topological polar surface area (TPSA) is 37.3 Å². The number of thioether (sulfide) groups is 1. The zero-order valence-electron chi connectivity index (χ0n) is 11.8. The van der Waals surface area contributed by atoms with E-state index >= 15 is 0 Å². The molecule has 2 nitrogen and oxygen atoms in total. The highest BCUT2D eigenvalue weighted by atomic mass is 35.5. The third-order valence-electron chi connectivity index (χ3n) is 3.10. The van der Waals surface area contributed by atoms with Gasteiger partial charge in [-0.2, -0.15) is 0 Å². The van der Waals surface area contributed by atoms with Crippen molar-refractivity contribution in [3.63, 3.8) is 0 Å². The Hall–Kier alpha value is -1.45. The van der Waals surface area contributed by atoms with E-state index in [4.69, 9.17) is 11.6 Å². The minimum absolute atomic E-state index is 0.507. The van der Waals surface area contributed by atoms with Crippen LogP contribution < -0.4 is 0 Å². The summed E-state index contributed by atoms with van der Waals surface area (Å²) in [6.45, 7) is 2.03. The first-order valence-electron chi connectivity index (χ1n) is 6.82. The van der Waals surface area contributed by atoms with Crippen LogP contribution in [0, 0.1) is 0 Å². The predicted octanol–water partition coefficient (Wildman–Crippen LogP) is 5.28. The predicted molar refractivity (Wildman–Crippen MR) is 90.0 cm³/mol. The molecule has 0 aromatic heterocycles. The highest BCUT2D eigenvalue weighted by Gasteiger charge is 2.22. The summed E-state index contributed by atoms with van der Waals surface area (Å²) in [5.41, 5.74) is 2.73. The van der Waals surface area contributed by atoms with Gasteiger partial charge in [-0.15, -0.1) is 11.8 Å². The van der Waals surface area contributed by atoms with Gasteiger partial charge in [0.05, 0.1) is 0 Å². The zero-order chi connectivity index (χ0) is 15.2. The summed E-state index contributed by atoms with van der Waals surface area (Å²) >= 11 is 7.73. The van der Waals surface area contributed by atoms with Crippen molar-refractivity contribution >= 4 is 29.3 Å². The summed E-state index contributed by atoms with van der Waals surface area (Å²) in [7, 11) is 0. The summed E-state index contributed by atoms with van der Waals surface area (Å²) in [6.07, 6.45) is 0.939. The molecule has 0 saturated carbocycles. The number of rotatable bonds is 6. The highest BCUT2D eigenvalue weighted by Crippen LogP contribution is 2.36. The molecule has 0 heterocycles. The largest absolute Gasteiger partial charge is 0.480 e. The molecule has 2 aromatic carbocycles. The maximum atomic E-state index is 11.4. The number of benzene rings is 2. The third-order valence-corrected chi connectivity index (χ3v) is 4.86. The Balaban J connectivity index is 2.32. The monoisotopic (exact) mass is 320 g/mol. The molecule has 0 aliphatic heterocycles. The lowest BCUT2D eigenvalue weighted by Crippen LogP contribution is -2.09. The van der Waals surface area contributed by atoms with Crippen molar-refractivity contribution in [2.24, 2.45) is 0 Å². The van der Waals surface area contributed by atoms with E-state index in [0.29, 0.717) is 10.6 Å². The number of hydrogen-bond acceptors (Lipinski definition) is 2. The van der Waals surface area contributed by atoms with Gasteiger partial charge in [0.15, 0.2) is 0 Å². The van der Waals surface area contributed by atoms with Gasteiger partial charge < -0.3 is 5.11 Å². The van der Waals surface area contributed by atoms with Gasteiger partial charge in [-0.05, 0) is 34.9 Å². The summed E-state index contributed by atoms with van der Waals surface area (Å²) in [5.74, 6) is -0.0453. The van der Waals surface area contributed by atoms with Gasteiger partial charge in [-0.3, -0.25) is 4.79 Å². The van der Waals surface area contributed by atoms with E-state index in [2.05, 4.69) is 0 Å². The average Bonchev–Trinajstić information content (AvgIpc) is 2.49. The Morgan fingerprint density at radius 1 is 1.19 bits per heavy atom. The van der Waals surface area contributed by atoms with E-state index < -0.39 is 11.2 Å². The van der Waals surface area contributed by atoms with Crippen LogP contribution >= 0.6 is 23.4 Å². The Morgan fingerprint density at radius 2 is 1.90 bits per heavy atom. The maximum absolute atomic E-state index is 11.4. The van der Waals surface area contributed by atoms with E-state index in [0.717, 1.165) is 23.3 Å². The lowest BCUT2D eigenvalue weighted by atomic mass is 10.0. The molecule has 0 aliphatic rings. The summed E-state index contributed by atoms with van der Waals surface area (Å²) in [5, 5.41) is 9.28. The normalized spacial score (nSPS) is 12.1. The molecule has 0 amide bonds. The Kier molecular flexibility index (Phi) is 5.71. The van der Waals surface area contributed by atoms with Crippen LogP contribution in [0.3, 0.4) is 0 Å². The summed E-state index contributed by atoms with van der Waals surface area (Å²) < 4.78 is 0. The SMILES string of the molecule is CCCSC(C(=O)O)c1ccc(-c2ccccc2)cc1Cl. The van der Waals surface area contributed by atoms with Crippen molar-refractivity contribution in [1.29, 1.82) is 0 Å². The van der Waals surface area contributed by atoms with Gasteiger partial charge in [0, 0.05) is 5.02 Å². The van der Waals surface area contributed by atoms with E-state index in [-0.39, 0.29) is 0 Å². The first-order chi connectivity index (χ1) is 10.1. The van der Waals surface area contributed by atoms with Crippen LogP contribution in [0.5, 0.6) is 0 Å². The third kappa shape index (κ3) is 4.02. The highest BCUT2D eigenvalue weighted by molar-refractivity contribution is 8.00. The van der Waals surface area contributed by atoms with Crippen LogP contribution in [0.25, 0.3) is 11.1 Å². The summed E-state index contributed by atoms with van der Waals surface area (Å²) in [6, 6.07) is 15.5. The van der Waals surface area contributed by atoms with Gasteiger partial charge in [-0.1, -0.05) is 61.0 Å². The molecule has 110 valence electrons. The van der Waals surface area contributed by atoms with Crippen molar-refractivity contribution in [2.45, 2.75) is 18.6 Å². The van der Waals surface area contributed by atoms with Gasteiger partial charge in [-0.25, -0.2) is 0 Å². The number of carbonyl (C=O) groups is 1. The van der Waals surface area contributed by atoms with Crippen LogP contribution in [0.4, 0.5) is 0 Å². The van der Waals surface area contributed by atoms with Crippen molar-refractivity contribution in [1.82, 2.24) is 0 Å². The molecule has 0 bridgehead atoms. The van der Waals surface area contributed by atoms with Crippen LogP contribution in [-0.2, 0) is 4.79 Å². The number of carboxylic acid groups (broad SMARTS) is 1. The second kappa shape index (κ2) is 7.53. The smallest absolute Gasteiger partial charge is 0.321 e. The minimum atomic E-state index is -0.845. The van der Waals surface area contributed by atoms with Gasteiger partial charge >= 0.3 is 5.97 Å². The second-order valence-corrected chi connectivity index (χ2v) is 6.31. The van der Waals surface area contributed by atoms with Crippen molar-refractivity contribution in [3.8, 4) is 11.1 Å². The fourth-order valence-corrected chi connectivity index (χ4v) is 3.43. The van der Waals surface area contributed by atoms with Gasteiger partial charge in [0.1, 0.15) is 5.25 Å². The molecule has 0 saturated heterocycles. The first kappa shape index (κ1) is 15.9. The summed E-state index contributed by atoms with van der Waals surface area (Å²) in [4.78, 5) is 11.4. The molecule has 2 rings (SSSR count). The molecule has 21 heavy (non-hydrogen) atoms. The van der Waals surface area contributed by atoms with E-state index in [1.807, 2.05) is 55.5 Å². The molecule has 0 spiro atoms. The molecule has 1 atom stereocenters. The van der Waals surface area contributed by atoms with Gasteiger partial charge in [0.25, 0.3) is 0 Å². The molecule has 1 N–H and O–H groups in total. The molecule has 0 aliphatic carbocycles. The number of aliphatic carboxylic acids is 1. The Bertz CT molecular complexity index is 613. The van der Waals surface area contributed by atoms with E-state index in [1.165, 1.54) is 11.8 Å². The second-order valence-electron chi connectivity index (χ2n) is 4.69. The van der Waals surface area contributed by atoms with E-state index in [1.54, 1.807) is 0 Å². The van der Waals surface area contributed by atoms with Gasteiger partial charge in [0.2, 0.25) is 0 Å². The average molecular weight is 321 g/mol. The quantitative estimate of drug-likeness (QED) is 0.787. The zero-order valence-corrected chi connectivity index (χ0v) is 13.3.